The Balaban J connectivity index is 1.50. The van der Waals surface area contributed by atoms with Gasteiger partial charge < -0.3 is 0 Å². The van der Waals surface area contributed by atoms with Gasteiger partial charge in [-0.25, -0.2) is 0 Å². The van der Waals surface area contributed by atoms with Crippen molar-refractivity contribution >= 4 is 69.9 Å². The lowest BCUT2D eigenvalue weighted by Crippen LogP contribution is -2.35. The zero-order valence-corrected chi connectivity index (χ0v) is 25.0. The summed E-state index contributed by atoms with van der Waals surface area (Å²) >= 11 is 1.92. The second-order valence-electron chi connectivity index (χ2n) is 12.6. The van der Waals surface area contributed by atoms with Crippen LogP contribution in [0.25, 0.3) is 69.7 Å². The molecule has 1 heterocycles. The molecule has 0 bridgehead atoms. The Hall–Kier alpha value is -3.94. The number of hydrogen-bond acceptors (Lipinski definition) is 1. The van der Waals surface area contributed by atoms with Crippen LogP contribution in [0.1, 0.15) is 45.2 Å². The normalized spacial score (nSPS) is 17.8. The van der Waals surface area contributed by atoms with Crippen LogP contribution in [-0.4, -0.2) is 0 Å². The van der Waals surface area contributed by atoms with Crippen molar-refractivity contribution in [1.82, 2.24) is 0 Å². The summed E-state index contributed by atoms with van der Waals surface area (Å²) in [5, 5.41) is 10.9. The van der Waals surface area contributed by atoms with Gasteiger partial charge in [-0.3, -0.25) is 0 Å². The number of fused-ring (bicyclic) bond motifs is 11. The van der Waals surface area contributed by atoms with Crippen LogP contribution in [0, 0.1) is 11.8 Å². The predicted octanol–water partition coefficient (Wildman–Crippen LogP) is 12.1. The Morgan fingerprint density at radius 2 is 1.29 bits per heavy atom. The van der Waals surface area contributed by atoms with Gasteiger partial charge in [0.15, 0.2) is 0 Å². The van der Waals surface area contributed by atoms with Crippen molar-refractivity contribution in [3.05, 3.63) is 114 Å². The second-order valence-corrected chi connectivity index (χ2v) is 13.6. The van der Waals surface area contributed by atoms with Crippen molar-refractivity contribution < 1.29 is 0 Å². The van der Waals surface area contributed by atoms with Gasteiger partial charge in [0.1, 0.15) is 0 Å². The molecule has 1 heteroatoms. The maximum absolute atomic E-state index is 2.52. The predicted molar refractivity (Wildman–Crippen MR) is 182 cm³/mol. The van der Waals surface area contributed by atoms with Gasteiger partial charge in [0.25, 0.3) is 0 Å². The van der Waals surface area contributed by atoms with Crippen molar-refractivity contribution in [1.29, 1.82) is 0 Å². The van der Waals surface area contributed by atoms with E-state index in [1.54, 1.807) is 0 Å². The van der Waals surface area contributed by atoms with Crippen LogP contribution in [0.15, 0.2) is 103 Å². The highest BCUT2D eigenvalue weighted by atomic mass is 32.1. The van der Waals surface area contributed by atoms with Gasteiger partial charge in [0, 0.05) is 25.6 Å². The Morgan fingerprint density at radius 3 is 2.07 bits per heavy atom. The van der Waals surface area contributed by atoms with Gasteiger partial charge >= 0.3 is 0 Å². The number of thiophene rings is 1. The van der Waals surface area contributed by atoms with E-state index in [0.717, 1.165) is 6.42 Å². The molecule has 1 aliphatic rings. The number of rotatable bonds is 3. The standard InChI is InChI=1S/C40H34S/c1-24(2)25(3)40(4)21-11-17-32-28-13-6-5-12-27(28)30-20-19-26(22-35(30)38(32)40)34-23-36-31-15-9-10-18-37(31)41-39(36)33-16-8-7-14-29(33)34/h5-20,22-25H,21H2,1-4H3. The minimum Gasteiger partial charge on any atom is -0.135 e. The molecule has 0 saturated carbocycles. The quantitative estimate of drug-likeness (QED) is 0.193. The Bertz CT molecular complexity index is 2190. The molecule has 0 fully saturated rings. The van der Waals surface area contributed by atoms with E-state index in [-0.39, 0.29) is 5.41 Å². The molecule has 0 saturated heterocycles. The first-order chi connectivity index (χ1) is 20.0. The zero-order chi connectivity index (χ0) is 27.9. The molecular formula is C40H34S. The molecule has 0 spiro atoms. The van der Waals surface area contributed by atoms with Gasteiger partial charge in [-0.1, -0.05) is 119 Å². The van der Waals surface area contributed by atoms with Crippen molar-refractivity contribution in [2.45, 2.75) is 39.5 Å². The molecule has 6 aromatic carbocycles. The maximum atomic E-state index is 2.52. The van der Waals surface area contributed by atoms with E-state index >= 15 is 0 Å². The summed E-state index contributed by atoms with van der Waals surface area (Å²) in [6.07, 6.45) is 5.90. The molecule has 200 valence electrons. The Morgan fingerprint density at radius 1 is 0.634 bits per heavy atom. The fourth-order valence-corrected chi connectivity index (χ4v) is 8.85. The molecule has 0 aliphatic heterocycles. The van der Waals surface area contributed by atoms with Crippen molar-refractivity contribution in [3.63, 3.8) is 0 Å². The molecule has 41 heavy (non-hydrogen) atoms. The molecule has 0 nitrogen and oxygen atoms in total. The molecule has 0 amide bonds. The molecular weight excluding hydrogens is 513 g/mol. The summed E-state index contributed by atoms with van der Waals surface area (Å²) in [5.41, 5.74) is 5.64. The fourth-order valence-electron chi connectivity index (χ4n) is 7.63. The first-order valence-corrected chi connectivity index (χ1v) is 15.8. The van der Waals surface area contributed by atoms with E-state index in [1.807, 2.05) is 11.3 Å². The van der Waals surface area contributed by atoms with E-state index in [4.69, 9.17) is 0 Å². The monoisotopic (exact) mass is 546 g/mol. The van der Waals surface area contributed by atoms with Crippen molar-refractivity contribution in [2.75, 3.05) is 0 Å². The molecule has 2 unspecified atom stereocenters. The van der Waals surface area contributed by atoms with Crippen molar-refractivity contribution in [2.24, 2.45) is 11.8 Å². The second kappa shape index (κ2) is 9.03. The van der Waals surface area contributed by atoms with Crippen LogP contribution < -0.4 is 0 Å². The molecule has 8 rings (SSSR count). The summed E-state index contributed by atoms with van der Waals surface area (Å²) in [6.45, 7) is 9.74. The van der Waals surface area contributed by atoms with E-state index in [0.29, 0.717) is 11.8 Å². The lowest BCUT2D eigenvalue weighted by Gasteiger charge is -2.42. The fraction of sp³-hybridized carbons (Fsp3) is 0.200. The van der Waals surface area contributed by atoms with Gasteiger partial charge in [0.05, 0.1) is 0 Å². The number of hydrogen-bond donors (Lipinski definition) is 0. The average Bonchev–Trinajstić information content (AvgIpc) is 3.39. The highest BCUT2D eigenvalue weighted by molar-refractivity contribution is 7.26. The highest BCUT2D eigenvalue weighted by Gasteiger charge is 2.39. The summed E-state index contributed by atoms with van der Waals surface area (Å²) in [4.78, 5) is 0. The third-order valence-corrected chi connectivity index (χ3v) is 11.4. The summed E-state index contributed by atoms with van der Waals surface area (Å²) in [6, 6.07) is 36.6. The van der Waals surface area contributed by atoms with E-state index in [1.165, 1.54) is 74.7 Å². The Kier molecular flexibility index (Phi) is 5.47. The zero-order valence-electron chi connectivity index (χ0n) is 24.2. The molecule has 1 aromatic heterocycles. The lowest BCUT2D eigenvalue weighted by molar-refractivity contribution is 0.244. The van der Waals surface area contributed by atoms with Crippen LogP contribution in [0.3, 0.4) is 0 Å². The van der Waals surface area contributed by atoms with Gasteiger partial charge in [-0.15, -0.1) is 11.3 Å². The van der Waals surface area contributed by atoms with E-state index in [9.17, 15) is 0 Å². The minimum atomic E-state index is 0.0642. The van der Waals surface area contributed by atoms with Gasteiger partial charge in [-0.2, -0.15) is 0 Å². The molecule has 1 aliphatic carbocycles. The smallest absolute Gasteiger partial charge is 0.0434 e. The SMILES string of the molecule is CC(C)C(C)C1(C)CC=Cc2c1c1cc(-c3cc4c5ccccc5sc4c4ccccc34)ccc1c1ccccc21. The summed E-state index contributed by atoms with van der Waals surface area (Å²) < 4.78 is 2.74. The molecule has 0 radical (unpaired) electrons. The molecule has 0 N–H and O–H groups in total. The minimum absolute atomic E-state index is 0.0642. The van der Waals surface area contributed by atoms with Gasteiger partial charge in [-0.05, 0) is 91.1 Å². The third kappa shape index (κ3) is 3.52. The van der Waals surface area contributed by atoms with E-state index in [2.05, 4.69) is 137 Å². The Labute approximate surface area is 245 Å². The largest absolute Gasteiger partial charge is 0.135 e. The average molecular weight is 547 g/mol. The first kappa shape index (κ1) is 24.8. The van der Waals surface area contributed by atoms with Gasteiger partial charge in [0.2, 0.25) is 0 Å². The lowest BCUT2D eigenvalue weighted by atomic mass is 9.62. The van der Waals surface area contributed by atoms with Crippen molar-refractivity contribution in [3.8, 4) is 11.1 Å². The van der Waals surface area contributed by atoms with Crippen LogP contribution in [0.2, 0.25) is 0 Å². The number of allylic oxidation sites excluding steroid dienone is 1. The molecule has 7 aromatic rings. The topological polar surface area (TPSA) is 0 Å². The number of benzene rings is 6. The summed E-state index contributed by atoms with van der Waals surface area (Å²) in [7, 11) is 0. The van der Waals surface area contributed by atoms with Crippen LogP contribution >= 0.6 is 11.3 Å². The maximum Gasteiger partial charge on any atom is 0.0434 e. The van der Waals surface area contributed by atoms with Crippen LogP contribution in [0.4, 0.5) is 0 Å². The van der Waals surface area contributed by atoms with E-state index < -0.39 is 0 Å². The third-order valence-electron chi connectivity index (χ3n) is 10.2. The highest BCUT2D eigenvalue weighted by Crippen LogP contribution is 2.51. The summed E-state index contributed by atoms with van der Waals surface area (Å²) in [5.74, 6) is 1.15. The van der Waals surface area contributed by atoms with Crippen LogP contribution in [-0.2, 0) is 5.41 Å². The van der Waals surface area contributed by atoms with Crippen LogP contribution in [0.5, 0.6) is 0 Å². The molecule has 2 atom stereocenters. The first-order valence-electron chi connectivity index (χ1n) is 14.9.